The zero-order valence-electron chi connectivity index (χ0n) is 14.6. The van der Waals surface area contributed by atoms with Crippen LogP contribution in [-0.4, -0.2) is 11.1 Å². The van der Waals surface area contributed by atoms with Gasteiger partial charge >= 0.3 is 0 Å². The molecule has 6 heteroatoms. The summed E-state index contributed by atoms with van der Waals surface area (Å²) in [7, 11) is 0. The van der Waals surface area contributed by atoms with E-state index in [-0.39, 0.29) is 11.7 Å². The van der Waals surface area contributed by atoms with Gasteiger partial charge in [0.15, 0.2) is 5.82 Å². The Balaban J connectivity index is 1.76. The van der Waals surface area contributed by atoms with Crippen LogP contribution in [0.4, 0.5) is 10.2 Å². The number of hydrogen-bond acceptors (Lipinski definition) is 4. The third-order valence-electron chi connectivity index (χ3n) is 4.02. The third-order valence-corrected chi connectivity index (χ3v) is 4.02. The van der Waals surface area contributed by atoms with Gasteiger partial charge in [0.25, 0.3) is 0 Å². The number of hydrogen-bond donors (Lipinski definition) is 2. The summed E-state index contributed by atoms with van der Waals surface area (Å²) < 4.78 is 18.7. The van der Waals surface area contributed by atoms with Gasteiger partial charge in [0.05, 0.1) is 0 Å². The Hall–Kier alpha value is -2.99. The van der Waals surface area contributed by atoms with Crippen molar-refractivity contribution in [3.63, 3.8) is 0 Å². The minimum absolute atomic E-state index is 0.261. The van der Waals surface area contributed by atoms with Crippen molar-refractivity contribution >= 4 is 11.7 Å². The van der Waals surface area contributed by atoms with Gasteiger partial charge in [0.2, 0.25) is 5.91 Å². The lowest BCUT2D eigenvalue weighted by Crippen LogP contribution is -2.32. The van der Waals surface area contributed by atoms with E-state index in [1.54, 1.807) is 26.0 Å². The molecule has 1 aromatic heterocycles. The largest absolute Gasteiger partial charge is 0.360 e. The molecular formula is C20H20FN3O2. The van der Waals surface area contributed by atoms with E-state index in [0.29, 0.717) is 23.7 Å². The third kappa shape index (κ3) is 4.34. The second kappa shape index (κ2) is 7.93. The van der Waals surface area contributed by atoms with Crippen molar-refractivity contribution in [2.45, 2.75) is 26.4 Å². The smallest absolute Gasteiger partial charge is 0.247 e. The van der Waals surface area contributed by atoms with E-state index >= 15 is 0 Å². The van der Waals surface area contributed by atoms with E-state index < -0.39 is 6.04 Å². The highest BCUT2D eigenvalue weighted by molar-refractivity contribution is 5.94. The number of amides is 1. The first kappa shape index (κ1) is 17.8. The molecule has 0 aliphatic rings. The number of benzene rings is 2. The molecule has 26 heavy (non-hydrogen) atoms. The van der Waals surface area contributed by atoms with Crippen LogP contribution < -0.4 is 10.6 Å². The van der Waals surface area contributed by atoms with Crippen molar-refractivity contribution in [1.29, 1.82) is 0 Å². The summed E-state index contributed by atoms with van der Waals surface area (Å²) in [5.41, 5.74) is 2.16. The van der Waals surface area contributed by atoms with E-state index in [1.807, 2.05) is 36.4 Å². The molecular weight excluding hydrogens is 333 g/mol. The summed E-state index contributed by atoms with van der Waals surface area (Å²) in [5.74, 6) is 0.441. The van der Waals surface area contributed by atoms with Crippen LogP contribution in [0, 0.1) is 19.7 Å². The molecule has 5 nitrogen and oxygen atoms in total. The van der Waals surface area contributed by atoms with Crippen LogP contribution in [-0.2, 0) is 11.3 Å². The Morgan fingerprint density at radius 3 is 2.58 bits per heavy atom. The fourth-order valence-electron chi connectivity index (χ4n) is 2.60. The van der Waals surface area contributed by atoms with Gasteiger partial charge in [0, 0.05) is 12.6 Å². The Morgan fingerprint density at radius 1 is 1.15 bits per heavy atom. The molecule has 0 spiro atoms. The Labute approximate surface area is 151 Å². The SMILES string of the molecule is Cc1cc(NC(=O)[C@H](NCc2ccc(C)c(F)c2)c2ccccc2)no1. The summed E-state index contributed by atoms with van der Waals surface area (Å²) in [6.45, 7) is 3.82. The average Bonchev–Trinajstić information content (AvgIpc) is 3.04. The number of aryl methyl sites for hydroxylation is 2. The first-order valence-corrected chi connectivity index (χ1v) is 8.30. The predicted molar refractivity (Wildman–Crippen MR) is 97.0 cm³/mol. The molecule has 3 aromatic rings. The minimum atomic E-state index is -0.613. The molecule has 0 radical (unpaired) electrons. The molecule has 0 aliphatic heterocycles. The molecule has 0 aliphatic carbocycles. The summed E-state index contributed by atoms with van der Waals surface area (Å²) >= 11 is 0. The van der Waals surface area contributed by atoms with Crippen LogP contribution in [0.25, 0.3) is 0 Å². The van der Waals surface area contributed by atoms with Gasteiger partial charge in [-0.05, 0) is 36.6 Å². The van der Waals surface area contributed by atoms with Crippen molar-refractivity contribution in [2.24, 2.45) is 0 Å². The van der Waals surface area contributed by atoms with Crippen LogP contribution in [0.2, 0.25) is 0 Å². The fourth-order valence-corrected chi connectivity index (χ4v) is 2.60. The lowest BCUT2D eigenvalue weighted by molar-refractivity contribution is -0.118. The van der Waals surface area contributed by atoms with Crippen molar-refractivity contribution < 1.29 is 13.7 Å². The van der Waals surface area contributed by atoms with Gasteiger partial charge in [-0.2, -0.15) is 0 Å². The van der Waals surface area contributed by atoms with Crippen molar-refractivity contribution in [3.8, 4) is 0 Å². The molecule has 1 heterocycles. The molecule has 1 amide bonds. The van der Waals surface area contributed by atoms with E-state index in [4.69, 9.17) is 4.52 Å². The number of nitrogens with zero attached hydrogens (tertiary/aromatic N) is 1. The number of anilines is 1. The average molecular weight is 353 g/mol. The molecule has 1 atom stereocenters. The Morgan fingerprint density at radius 2 is 1.92 bits per heavy atom. The van der Waals surface area contributed by atoms with Crippen LogP contribution >= 0.6 is 0 Å². The summed E-state index contributed by atoms with van der Waals surface area (Å²) in [6.07, 6.45) is 0. The van der Waals surface area contributed by atoms with Gasteiger partial charge in [-0.1, -0.05) is 47.6 Å². The van der Waals surface area contributed by atoms with Gasteiger partial charge in [-0.15, -0.1) is 0 Å². The number of carbonyl (C=O) groups excluding carboxylic acids is 1. The second-order valence-corrected chi connectivity index (χ2v) is 6.12. The standard InChI is InChI=1S/C20H20FN3O2/c1-13-8-9-15(11-17(13)21)12-22-19(16-6-4-3-5-7-16)20(25)23-18-10-14(2)26-24-18/h3-11,19,22H,12H2,1-2H3,(H,23,24,25)/t19-/m1/s1. The number of nitrogens with one attached hydrogen (secondary N) is 2. The molecule has 0 saturated carbocycles. The van der Waals surface area contributed by atoms with Crippen molar-refractivity contribution in [2.75, 3.05) is 5.32 Å². The minimum Gasteiger partial charge on any atom is -0.360 e. The lowest BCUT2D eigenvalue weighted by atomic mass is 10.1. The number of halogens is 1. The summed E-state index contributed by atoms with van der Waals surface area (Å²) in [4.78, 5) is 12.7. The lowest BCUT2D eigenvalue weighted by Gasteiger charge is -2.18. The topological polar surface area (TPSA) is 67.2 Å². The molecule has 0 unspecified atom stereocenters. The highest BCUT2D eigenvalue weighted by atomic mass is 19.1. The molecule has 2 N–H and O–H groups in total. The van der Waals surface area contributed by atoms with Crippen molar-refractivity contribution in [3.05, 3.63) is 82.9 Å². The second-order valence-electron chi connectivity index (χ2n) is 6.12. The normalized spacial score (nSPS) is 12.0. The van der Waals surface area contributed by atoms with Crippen LogP contribution in [0.15, 0.2) is 59.1 Å². The quantitative estimate of drug-likeness (QED) is 0.705. The first-order valence-electron chi connectivity index (χ1n) is 8.30. The Bertz CT molecular complexity index is 893. The van der Waals surface area contributed by atoms with Gasteiger partial charge in [-0.3, -0.25) is 10.1 Å². The maximum atomic E-state index is 13.7. The van der Waals surface area contributed by atoms with E-state index in [1.165, 1.54) is 6.07 Å². The number of carbonyl (C=O) groups is 1. The summed E-state index contributed by atoms with van der Waals surface area (Å²) in [6, 6.07) is 15.4. The zero-order valence-corrected chi connectivity index (χ0v) is 14.6. The molecule has 134 valence electrons. The maximum absolute atomic E-state index is 13.7. The van der Waals surface area contributed by atoms with E-state index in [9.17, 15) is 9.18 Å². The molecule has 2 aromatic carbocycles. The van der Waals surface area contributed by atoms with E-state index in [2.05, 4.69) is 15.8 Å². The van der Waals surface area contributed by atoms with Gasteiger partial charge in [0.1, 0.15) is 17.6 Å². The molecule has 0 bridgehead atoms. The van der Waals surface area contributed by atoms with Crippen LogP contribution in [0.1, 0.15) is 28.5 Å². The monoisotopic (exact) mass is 353 g/mol. The van der Waals surface area contributed by atoms with Gasteiger partial charge in [-0.25, -0.2) is 4.39 Å². The number of rotatable bonds is 6. The maximum Gasteiger partial charge on any atom is 0.247 e. The zero-order chi connectivity index (χ0) is 18.5. The predicted octanol–water partition coefficient (Wildman–Crippen LogP) is 3.90. The Kier molecular flexibility index (Phi) is 5.43. The molecule has 3 rings (SSSR count). The van der Waals surface area contributed by atoms with Crippen LogP contribution in [0.5, 0.6) is 0 Å². The van der Waals surface area contributed by atoms with Crippen LogP contribution in [0.3, 0.4) is 0 Å². The highest BCUT2D eigenvalue weighted by Crippen LogP contribution is 2.18. The molecule has 0 saturated heterocycles. The highest BCUT2D eigenvalue weighted by Gasteiger charge is 2.21. The van der Waals surface area contributed by atoms with Crippen molar-refractivity contribution in [1.82, 2.24) is 10.5 Å². The number of aromatic nitrogens is 1. The van der Waals surface area contributed by atoms with E-state index in [0.717, 1.165) is 11.1 Å². The van der Waals surface area contributed by atoms with Gasteiger partial charge < -0.3 is 9.84 Å². The summed E-state index contributed by atoms with van der Waals surface area (Å²) in [5, 5.41) is 9.71. The first-order chi connectivity index (χ1) is 12.5. The fraction of sp³-hybridized carbons (Fsp3) is 0.200. The molecule has 0 fully saturated rings.